The number of ketones is 1. The van der Waals surface area contributed by atoms with Gasteiger partial charge in [0.25, 0.3) is 0 Å². The summed E-state index contributed by atoms with van der Waals surface area (Å²) in [6.07, 6.45) is 10.2. The van der Waals surface area contributed by atoms with Gasteiger partial charge in [-0.15, -0.1) is 0 Å². The molecule has 0 amide bonds. The summed E-state index contributed by atoms with van der Waals surface area (Å²) < 4.78 is 5.85. The smallest absolute Gasteiger partial charge is 0.302 e. The van der Waals surface area contributed by atoms with Gasteiger partial charge in [-0.25, -0.2) is 0 Å². The number of aldehydes is 1. The van der Waals surface area contributed by atoms with Crippen LogP contribution in [0.1, 0.15) is 106 Å². The maximum Gasteiger partial charge on any atom is 0.302 e. The van der Waals surface area contributed by atoms with Crippen molar-refractivity contribution in [1.29, 1.82) is 0 Å². The zero-order chi connectivity index (χ0) is 25.6. The molecule has 0 aromatic rings. The average molecular weight is 483 g/mol. The predicted molar refractivity (Wildman–Crippen MR) is 136 cm³/mol. The minimum atomic E-state index is -0.522. The molecule has 0 heterocycles. The molecule has 8 unspecified atom stereocenters. The molecule has 0 radical (unpaired) electrons. The molecule has 0 saturated heterocycles. The Bertz CT molecular complexity index is 974. The second kappa shape index (κ2) is 8.02. The molecule has 35 heavy (non-hydrogen) atoms. The quantitative estimate of drug-likeness (QED) is 0.331. The van der Waals surface area contributed by atoms with Crippen LogP contribution in [0.4, 0.5) is 0 Å². The number of hydrogen-bond acceptors (Lipinski definition) is 4. The molecular weight excluding hydrogens is 436 g/mol. The van der Waals surface area contributed by atoms with Gasteiger partial charge in [-0.3, -0.25) is 9.59 Å². The summed E-state index contributed by atoms with van der Waals surface area (Å²) >= 11 is 0. The standard InChI is InChI=1S/C31H46O4/c1-18(2)26-22(34)16-31(17-32)15-10-21-20(27(26)31)8-9-24-29(21,6)13-11-23-28(4,5)25(35-19(3)33)12-14-30(23,24)7/h17-18,20-21,23-25H,8-16H2,1-7H3. The summed E-state index contributed by atoms with van der Waals surface area (Å²) in [4.78, 5) is 37.5. The monoisotopic (exact) mass is 482 g/mol. The van der Waals surface area contributed by atoms with E-state index in [2.05, 4.69) is 41.5 Å². The number of carbonyl (C=O) groups is 3. The fourth-order valence-electron chi connectivity index (χ4n) is 10.9. The fourth-order valence-corrected chi connectivity index (χ4v) is 10.9. The van der Waals surface area contributed by atoms with Crippen LogP contribution in [-0.2, 0) is 19.1 Å². The van der Waals surface area contributed by atoms with Gasteiger partial charge in [0, 0.05) is 18.8 Å². The van der Waals surface area contributed by atoms with Crippen LogP contribution in [0.3, 0.4) is 0 Å². The van der Waals surface area contributed by atoms with Gasteiger partial charge in [-0.2, -0.15) is 0 Å². The molecule has 0 aliphatic heterocycles. The first-order valence-corrected chi connectivity index (χ1v) is 14.2. The van der Waals surface area contributed by atoms with Gasteiger partial charge in [-0.1, -0.05) is 41.5 Å². The third kappa shape index (κ3) is 3.33. The number of fused-ring (bicyclic) bond motifs is 7. The third-order valence-corrected chi connectivity index (χ3v) is 12.1. The topological polar surface area (TPSA) is 60.4 Å². The Morgan fingerprint density at radius 2 is 1.63 bits per heavy atom. The largest absolute Gasteiger partial charge is 0.462 e. The van der Waals surface area contributed by atoms with Gasteiger partial charge in [0.05, 0.1) is 5.41 Å². The lowest BCUT2D eigenvalue weighted by atomic mass is 9.36. The number of carbonyl (C=O) groups excluding carboxylic acids is 3. The van der Waals surface area contributed by atoms with E-state index in [9.17, 15) is 14.4 Å². The minimum absolute atomic E-state index is 0.00455. The highest BCUT2D eigenvalue weighted by molar-refractivity contribution is 6.03. The maximum absolute atomic E-state index is 13.1. The first-order valence-electron chi connectivity index (χ1n) is 14.2. The second-order valence-corrected chi connectivity index (χ2v) is 14.3. The lowest BCUT2D eigenvalue weighted by Gasteiger charge is -2.68. The van der Waals surface area contributed by atoms with Crippen LogP contribution in [0.2, 0.25) is 0 Å². The molecule has 0 aromatic carbocycles. The number of hydrogen-bond donors (Lipinski definition) is 0. The van der Waals surface area contributed by atoms with Crippen molar-refractivity contribution >= 4 is 18.0 Å². The van der Waals surface area contributed by atoms with Crippen LogP contribution in [0.15, 0.2) is 11.1 Å². The number of esters is 1. The summed E-state index contributed by atoms with van der Waals surface area (Å²) in [5.74, 6) is 2.37. The maximum atomic E-state index is 13.1. The highest BCUT2D eigenvalue weighted by atomic mass is 16.5. The van der Waals surface area contributed by atoms with Crippen molar-refractivity contribution in [3.05, 3.63) is 11.1 Å². The number of Topliss-reactive ketones (excluding diaryl/α,β-unsaturated/α-hetero) is 1. The molecule has 0 bridgehead atoms. The molecule has 4 nitrogen and oxygen atoms in total. The molecule has 194 valence electrons. The van der Waals surface area contributed by atoms with Crippen LogP contribution in [0, 0.1) is 51.2 Å². The summed E-state index contributed by atoms with van der Waals surface area (Å²) in [5.41, 5.74) is 2.17. The van der Waals surface area contributed by atoms with Gasteiger partial charge in [0.1, 0.15) is 12.4 Å². The molecule has 0 spiro atoms. The van der Waals surface area contributed by atoms with Crippen LogP contribution in [0.5, 0.6) is 0 Å². The zero-order valence-corrected chi connectivity index (χ0v) is 23.0. The van der Waals surface area contributed by atoms with E-state index >= 15 is 0 Å². The number of rotatable bonds is 3. The van der Waals surface area contributed by atoms with E-state index in [0.717, 1.165) is 44.0 Å². The Balaban J connectivity index is 1.51. The zero-order valence-electron chi connectivity index (χ0n) is 23.0. The van der Waals surface area contributed by atoms with Crippen molar-refractivity contribution in [1.82, 2.24) is 0 Å². The van der Waals surface area contributed by atoms with E-state index < -0.39 is 5.41 Å². The van der Waals surface area contributed by atoms with Gasteiger partial charge >= 0.3 is 5.97 Å². The first kappa shape index (κ1) is 25.2. The molecule has 8 atom stereocenters. The molecule has 4 heteroatoms. The summed E-state index contributed by atoms with van der Waals surface area (Å²) in [7, 11) is 0. The summed E-state index contributed by atoms with van der Waals surface area (Å²) in [6.45, 7) is 15.6. The molecule has 5 rings (SSSR count). The minimum Gasteiger partial charge on any atom is -0.462 e. The van der Waals surface area contributed by atoms with Gasteiger partial charge in [0.15, 0.2) is 5.78 Å². The highest BCUT2D eigenvalue weighted by Crippen LogP contribution is 2.72. The van der Waals surface area contributed by atoms with E-state index in [4.69, 9.17) is 4.74 Å². The Kier molecular flexibility index (Phi) is 5.78. The molecule has 5 aliphatic carbocycles. The molecule has 4 saturated carbocycles. The van der Waals surface area contributed by atoms with Crippen LogP contribution in [0.25, 0.3) is 0 Å². The van der Waals surface area contributed by atoms with E-state index in [1.54, 1.807) is 6.92 Å². The lowest BCUT2D eigenvalue weighted by molar-refractivity contribution is -0.212. The van der Waals surface area contributed by atoms with Crippen LogP contribution in [-0.4, -0.2) is 24.1 Å². The molecule has 4 fully saturated rings. The Morgan fingerprint density at radius 1 is 0.943 bits per heavy atom. The van der Waals surface area contributed by atoms with Crippen molar-refractivity contribution in [3.8, 4) is 0 Å². The second-order valence-electron chi connectivity index (χ2n) is 14.3. The average Bonchev–Trinajstić information content (AvgIpc) is 3.08. The number of ether oxygens (including phenoxy) is 1. The van der Waals surface area contributed by atoms with Crippen molar-refractivity contribution < 1.29 is 19.1 Å². The van der Waals surface area contributed by atoms with E-state index in [-0.39, 0.29) is 40.0 Å². The Morgan fingerprint density at radius 3 is 2.26 bits per heavy atom. The summed E-state index contributed by atoms with van der Waals surface area (Å²) in [5, 5.41) is 0. The normalized spacial score (nSPS) is 46.4. The SMILES string of the molecule is CC(=O)OC1CCC2(C)C(CCC3(C)C4CCC5(C=O)CC(=O)C(C(C)C)=C5C4CCC32)C1(C)C. The molecular formula is C31H46O4. The molecule has 0 aromatic heterocycles. The Labute approximate surface area is 212 Å². The molecule has 5 aliphatic rings. The van der Waals surface area contributed by atoms with Gasteiger partial charge < -0.3 is 9.53 Å². The van der Waals surface area contributed by atoms with Crippen molar-refractivity contribution in [2.75, 3.05) is 0 Å². The number of allylic oxidation sites excluding steroid dienone is 2. The Hall–Kier alpha value is -1.45. The van der Waals surface area contributed by atoms with Crippen molar-refractivity contribution in [2.24, 2.45) is 51.2 Å². The highest BCUT2D eigenvalue weighted by Gasteiger charge is 2.66. The van der Waals surface area contributed by atoms with E-state index in [1.165, 1.54) is 24.8 Å². The molecule has 0 N–H and O–H groups in total. The fraction of sp³-hybridized carbons (Fsp3) is 0.839. The third-order valence-electron chi connectivity index (χ3n) is 12.1. The van der Waals surface area contributed by atoms with Crippen LogP contribution < -0.4 is 0 Å². The summed E-state index contributed by atoms with van der Waals surface area (Å²) in [6, 6.07) is 0. The first-order chi connectivity index (χ1) is 16.3. The van der Waals surface area contributed by atoms with Gasteiger partial charge in [0.2, 0.25) is 0 Å². The van der Waals surface area contributed by atoms with Gasteiger partial charge in [-0.05, 0) is 103 Å². The predicted octanol–water partition coefficient (Wildman–Crippen LogP) is 6.71. The van der Waals surface area contributed by atoms with Crippen molar-refractivity contribution in [2.45, 2.75) is 112 Å². The van der Waals surface area contributed by atoms with E-state index in [0.29, 0.717) is 30.1 Å². The lowest BCUT2D eigenvalue weighted by Crippen LogP contribution is -2.63. The van der Waals surface area contributed by atoms with E-state index in [1.807, 2.05) is 0 Å². The van der Waals surface area contributed by atoms with Crippen molar-refractivity contribution in [3.63, 3.8) is 0 Å². The van der Waals surface area contributed by atoms with Crippen LogP contribution >= 0.6 is 0 Å².